The van der Waals surface area contributed by atoms with Crippen LogP contribution in [-0.4, -0.2) is 31.5 Å². The maximum Gasteiger partial charge on any atom is 0.182 e. The maximum atomic E-state index is 11.9. The van der Waals surface area contributed by atoms with E-state index in [1.807, 2.05) is 32.0 Å². The second kappa shape index (κ2) is 4.82. The largest absolute Gasteiger partial charge is 0.382 e. The molecule has 0 unspecified atom stereocenters. The second-order valence-corrected chi connectivity index (χ2v) is 6.74. The first kappa shape index (κ1) is 14.4. The summed E-state index contributed by atoms with van der Waals surface area (Å²) in [6, 6.07) is 5.85. The van der Waals surface area contributed by atoms with Crippen LogP contribution in [0.15, 0.2) is 23.1 Å². The minimum Gasteiger partial charge on any atom is -0.382 e. The van der Waals surface area contributed by atoms with Crippen molar-refractivity contribution >= 4 is 21.5 Å². The van der Waals surface area contributed by atoms with Crippen molar-refractivity contribution in [2.75, 3.05) is 24.4 Å². The molecular weight excluding hydrogens is 276 g/mol. The number of aromatic nitrogens is 2. The summed E-state index contributed by atoms with van der Waals surface area (Å²) >= 11 is 0. The molecule has 0 aliphatic carbocycles. The molecule has 0 fully saturated rings. The highest BCUT2D eigenvalue weighted by molar-refractivity contribution is 7.91. The third kappa shape index (κ3) is 2.36. The smallest absolute Gasteiger partial charge is 0.182 e. The van der Waals surface area contributed by atoms with Gasteiger partial charge in [0.2, 0.25) is 0 Å². The SMILES string of the molecule is CNc1nn(-c2cc(C)ccc2C)c(N)c1S(C)(=O)=O. The number of anilines is 2. The van der Waals surface area contributed by atoms with Crippen molar-refractivity contribution in [1.82, 2.24) is 9.78 Å². The number of hydrogen-bond donors (Lipinski definition) is 2. The number of sulfone groups is 1. The lowest BCUT2D eigenvalue weighted by molar-refractivity contribution is 0.602. The van der Waals surface area contributed by atoms with Gasteiger partial charge in [0.1, 0.15) is 5.82 Å². The Labute approximate surface area is 118 Å². The van der Waals surface area contributed by atoms with E-state index in [1.165, 1.54) is 4.68 Å². The maximum absolute atomic E-state index is 11.9. The number of nitrogens with two attached hydrogens (primary N) is 1. The van der Waals surface area contributed by atoms with Gasteiger partial charge in [0, 0.05) is 13.3 Å². The van der Waals surface area contributed by atoms with Crippen LogP contribution in [-0.2, 0) is 9.84 Å². The van der Waals surface area contributed by atoms with Gasteiger partial charge in [-0.15, -0.1) is 5.10 Å². The van der Waals surface area contributed by atoms with Crippen LogP contribution < -0.4 is 11.1 Å². The molecule has 6 nitrogen and oxygen atoms in total. The first-order valence-electron chi connectivity index (χ1n) is 6.09. The van der Waals surface area contributed by atoms with Crippen molar-refractivity contribution in [2.45, 2.75) is 18.7 Å². The third-order valence-electron chi connectivity index (χ3n) is 3.08. The van der Waals surface area contributed by atoms with E-state index >= 15 is 0 Å². The first-order chi connectivity index (χ1) is 9.25. The van der Waals surface area contributed by atoms with Gasteiger partial charge in [-0.2, -0.15) is 0 Å². The molecular formula is C13H18N4O2S. The molecule has 0 saturated heterocycles. The normalized spacial score (nSPS) is 11.6. The Morgan fingerprint density at radius 1 is 1.30 bits per heavy atom. The molecule has 2 aromatic rings. The van der Waals surface area contributed by atoms with E-state index in [0.29, 0.717) is 0 Å². The zero-order valence-corrected chi connectivity index (χ0v) is 12.7. The summed E-state index contributed by atoms with van der Waals surface area (Å²) in [5.74, 6) is 0.372. The van der Waals surface area contributed by atoms with Gasteiger partial charge in [0.25, 0.3) is 0 Å². The Kier molecular flexibility index (Phi) is 3.47. The van der Waals surface area contributed by atoms with E-state index in [1.54, 1.807) is 7.05 Å². The molecule has 1 aromatic heterocycles. The van der Waals surface area contributed by atoms with Crippen LogP contribution in [0.2, 0.25) is 0 Å². The summed E-state index contributed by atoms with van der Waals surface area (Å²) in [5.41, 5.74) is 8.78. The van der Waals surface area contributed by atoms with E-state index in [9.17, 15) is 8.42 Å². The molecule has 7 heteroatoms. The Morgan fingerprint density at radius 2 is 1.95 bits per heavy atom. The van der Waals surface area contributed by atoms with Gasteiger partial charge < -0.3 is 11.1 Å². The number of nitrogens with one attached hydrogen (secondary N) is 1. The molecule has 1 heterocycles. The Bertz CT molecular complexity index is 763. The summed E-state index contributed by atoms with van der Waals surface area (Å²) < 4.78 is 25.2. The lowest BCUT2D eigenvalue weighted by atomic mass is 10.1. The molecule has 0 radical (unpaired) electrons. The molecule has 1 aromatic carbocycles. The van der Waals surface area contributed by atoms with Crippen LogP contribution in [0, 0.1) is 13.8 Å². The van der Waals surface area contributed by atoms with Crippen LogP contribution in [0.3, 0.4) is 0 Å². The standard InChI is InChI=1S/C13H18N4O2S/c1-8-5-6-9(2)10(7-8)17-12(14)11(20(4,18)19)13(15-3)16-17/h5-7H,14H2,1-4H3,(H,15,16). The van der Waals surface area contributed by atoms with Gasteiger partial charge in [-0.3, -0.25) is 0 Å². The van der Waals surface area contributed by atoms with Crippen LogP contribution in [0.25, 0.3) is 5.69 Å². The van der Waals surface area contributed by atoms with Crippen LogP contribution in [0.1, 0.15) is 11.1 Å². The highest BCUT2D eigenvalue weighted by Crippen LogP contribution is 2.30. The summed E-state index contributed by atoms with van der Waals surface area (Å²) in [7, 11) is -1.84. The quantitative estimate of drug-likeness (QED) is 0.895. The molecule has 0 amide bonds. The van der Waals surface area contributed by atoms with Gasteiger partial charge in [-0.05, 0) is 31.0 Å². The number of nitrogen functional groups attached to an aromatic ring is 1. The molecule has 0 bridgehead atoms. The molecule has 0 atom stereocenters. The molecule has 20 heavy (non-hydrogen) atoms. The number of nitrogens with zero attached hydrogens (tertiary/aromatic N) is 2. The Balaban J connectivity index is 2.77. The van der Waals surface area contributed by atoms with E-state index in [2.05, 4.69) is 10.4 Å². The number of rotatable bonds is 3. The fraction of sp³-hybridized carbons (Fsp3) is 0.308. The van der Waals surface area contributed by atoms with Crippen molar-refractivity contribution < 1.29 is 8.42 Å². The monoisotopic (exact) mass is 294 g/mol. The second-order valence-electron chi connectivity index (χ2n) is 4.79. The number of hydrogen-bond acceptors (Lipinski definition) is 5. The molecule has 2 rings (SSSR count). The van der Waals surface area contributed by atoms with E-state index < -0.39 is 9.84 Å². The number of benzene rings is 1. The molecule has 0 aliphatic heterocycles. The van der Waals surface area contributed by atoms with Crippen molar-refractivity contribution in [1.29, 1.82) is 0 Å². The highest BCUT2D eigenvalue weighted by atomic mass is 32.2. The topological polar surface area (TPSA) is 90.0 Å². The Morgan fingerprint density at radius 3 is 2.45 bits per heavy atom. The summed E-state index contributed by atoms with van der Waals surface area (Å²) in [5, 5.41) is 7.04. The van der Waals surface area contributed by atoms with Gasteiger partial charge in [0.15, 0.2) is 20.6 Å². The molecule has 0 spiro atoms. The van der Waals surface area contributed by atoms with Gasteiger partial charge in [-0.25, -0.2) is 13.1 Å². The first-order valence-corrected chi connectivity index (χ1v) is 7.98. The van der Waals surface area contributed by atoms with E-state index in [-0.39, 0.29) is 16.5 Å². The van der Waals surface area contributed by atoms with Gasteiger partial charge in [0.05, 0.1) is 5.69 Å². The van der Waals surface area contributed by atoms with Crippen molar-refractivity contribution in [2.24, 2.45) is 0 Å². The lowest BCUT2D eigenvalue weighted by Crippen LogP contribution is -2.07. The number of aryl methyl sites for hydroxylation is 2. The van der Waals surface area contributed by atoms with Gasteiger partial charge >= 0.3 is 0 Å². The fourth-order valence-corrected chi connectivity index (χ4v) is 3.04. The minimum absolute atomic E-state index is 0.0286. The highest BCUT2D eigenvalue weighted by Gasteiger charge is 2.24. The predicted molar refractivity (Wildman–Crippen MR) is 80.1 cm³/mol. The fourth-order valence-electron chi connectivity index (χ4n) is 2.08. The zero-order valence-electron chi connectivity index (χ0n) is 11.9. The van der Waals surface area contributed by atoms with E-state index in [4.69, 9.17) is 5.73 Å². The van der Waals surface area contributed by atoms with Crippen LogP contribution in [0.4, 0.5) is 11.6 Å². The predicted octanol–water partition coefficient (Wildman–Crippen LogP) is 1.52. The van der Waals surface area contributed by atoms with E-state index in [0.717, 1.165) is 23.1 Å². The summed E-state index contributed by atoms with van der Waals surface area (Å²) in [6.07, 6.45) is 1.12. The third-order valence-corrected chi connectivity index (χ3v) is 4.22. The van der Waals surface area contributed by atoms with Crippen molar-refractivity contribution in [3.63, 3.8) is 0 Å². The minimum atomic E-state index is -3.46. The summed E-state index contributed by atoms with van der Waals surface area (Å²) in [4.78, 5) is 0.0286. The molecule has 3 N–H and O–H groups in total. The van der Waals surface area contributed by atoms with Gasteiger partial charge in [-0.1, -0.05) is 12.1 Å². The molecule has 0 aliphatic rings. The van der Waals surface area contributed by atoms with Crippen molar-refractivity contribution in [3.8, 4) is 5.69 Å². The van der Waals surface area contributed by atoms with Crippen LogP contribution >= 0.6 is 0 Å². The average molecular weight is 294 g/mol. The Hall–Kier alpha value is -2.02. The van der Waals surface area contributed by atoms with Crippen LogP contribution in [0.5, 0.6) is 0 Å². The average Bonchev–Trinajstić information content (AvgIpc) is 2.69. The zero-order chi connectivity index (χ0) is 15.1. The van der Waals surface area contributed by atoms with Crippen molar-refractivity contribution in [3.05, 3.63) is 29.3 Å². The lowest BCUT2D eigenvalue weighted by Gasteiger charge is -2.09. The summed E-state index contributed by atoms with van der Waals surface area (Å²) in [6.45, 7) is 3.88. The molecule has 108 valence electrons. The molecule has 0 saturated carbocycles.